The highest BCUT2D eigenvalue weighted by Crippen LogP contribution is 2.25. The van der Waals surface area contributed by atoms with Crippen molar-refractivity contribution in [3.05, 3.63) is 47.1 Å². The zero-order chi connectivity index (χ0) is 20.9. The lowest BCUT2D eigenvalue weighted by Crippen LogP contribution is -2.44. The van der Waals surface area contributed by atoms with E-state index in [-0.39, 0.29) is 5.91 Å². The molecule has 1 aliphatic rings. The minimum Gasteiger partial charge on any atom is -0.361 e. The van der Waals surface area contributed by atoms with Gasteiger partial charge in [-0.2, -0.15) is 0 Å². The van der Waals surface area contributed by atoms with E-state index in [0.29, 0.717) is 0 Å². The van der Waals surface area contributed by atoms with E-state index < -0.39 is 0 Å². The standard InChI is InChI=1S/C23H31N5OS/c1-3-4-10-27(11-9-18-16-24-20-8-6-5-7-19(18)20)22(29)21-17-25-23(30-21)28-14-12-26(2)13-15-28/h5-8,16-17,24H,3-4,9-15H2,1-2H3. The first kappa shape index (κ1) is 20.9. The van der Waals surface area contributed by atoms with Crippen LogP contribution in [0, 0.1) is 0 Å². The monoisotopic (exact) mass is 425 g/mol. The molecule has 7 heteroatoms. The summed E-state index contributed by atoms with van der Waals surface area (Å²) >= 11 is 1.54. The largest absolute Gasteiger partial charge is 0.361 e. The van der Waals surface area contributed by atoms with Crippen LogP contribution in [-0.4, -0.2) is 72.0 Å². The van der Waals surface area contributed by atoms with Crippen molar-refractivity contribution in [3.63, 3.8) is 0 Å². The van der Waals surface area contributed by atoms with E-state index in [2.05, 4.69) is 58.1 Å². The van der Waals surface area contributed by atoms with Crippen LogP contribution in [0.3, 0.4) is 0 Å². The molecule has 0 bridgehead atoms. The molecule has 0 radical (unpaired) electrons. The number of benzene rings is 1. The number of likely N-dealkylation sites (N-methyl/N-ethyl adjacent to an activating group) is 1. The third-order valence-corrected chi connectivity index (χ3v) is 6.92. The summed E-state index contributed by atoms with van der Waals surface area (Å²) in [6, 6.07) is 8.35. The molecule has 0 unspecified atom stereocenters. The number of hydrogen-bond acceptors (Lipinski definition) is 5. The number of rotatable bonds is 8. The topological polar surface area (TPSA) is 55.5 Å². The maximum atomic E-state index is 13.3. The fourth-order valence-corrected chi connectivity index (χ4v) is 4.86. The predicted octanol–water partition coefficient (Wildman–Crippen LogP) is 3.86. The zero-order valence-electron chi connectivity index (χ0n) is 17.9. The minimum absolute atomic E-state index is 0.112. The van der Waals surface area contributed by atoms with E-state index in [4.69, 9.17) is 0 Å². The van der Waals surface area contributed by atoms with Crippen molar-refractivity contribution in [1.82, 2.24) is 19.8 Å². The number of piperazine rings is 1. The first-order valence-electron chi connectivity index (χ1n) is 10.9. The first-order chi connectivity index (χ1) is 14.7. The Labute approximate surface area is 182 Å². The van der Waals surface area contributed by atoms with Gasteiger partial charge in [0.15, 0.2) is 5.13 Å². The molecule has 4 rings (SSSR count). The molecule has 1 aliphatic heterocycles. The number of hydrogen-bond donors (Lipinski definition) is 1. The second-order valence-corrected chi connectivity index (χ2v) is 9.06. The first-order valence-corrected chi connectivity index (χ1v) is 11.7. The number of amides is 1. The molecule has 0 spiro atoms. The lowest BCUT2D eigenvalue weighted by Gasteiger charge is -2.32. The number of aromatic amines is 1. The Bertz CT molecular complexity index is 973. The van der Waals surface area contributed by atoms with Crippen molar-refractivity contribution < 1.29 is 4.79 Å². The van der Waals surface area contributed by atoms with Crippen LogP contribution in [0.15, 0.2) is 36.7 Å². The van der Waals surface area contributed by atoms with Crippen LogP contribution in [-0.2, 0) is 6.42 Å². The van der Waals surface area contributed by atoms with Crippen LogP contribution in [0.4, 0.5) is 5.13 Å². The van der Waals surface area contributed by atoms with E-state index in [9.17, 15) is 4.79 Å². The summed E-state index contributed by atoms with van der Waals surface area (Å²) in [4.78, 5) is 28.6. The Morgan fingerprint density at radius 2 is 2.00 bits per heavy atom. The fraction of sp³-hybridized carbons (Fsp3) is 0.478. The van der Waals surface area contributed by atoms with Crippen molar-refractivity contribution in [3.8, 4) is 0 Å². The second-order valence-electron chi connectivity index (χ2n) is 8.05. The molecule has 3 heterocycles. The Morgan fingerprint density at radius 3 is 2.80 bits per heavy atom. The number of carbonyl (C=O) groups is 1. The molecule has 1 saturated heterocycles. The number of thiazole rings is 1. The maximum Gasteiger partial charge on any atom is 0.265 e. The average molecular weight is 426 g/mol. The van der Waals surface area contributed by atoms with Crippen LogP contribution in [0.5, 0.6) is 0 Å². The van der Waals surface area contributed by atoms with Crippen molar-refractivity contribution in [2.45, 2.75) is 26.2 Å². The molecule has 160 valence electrons. The molecular weight excluding hydrogens is 394 g/mol. The van der Waals surface area contributed by atoms with E-state index in [0.717, 1.165) is 74.1 Å². The van der Waals surface area contributed by atoms with Gasteiger partial charge in [-0.3, -0.25) is 4.79 Å². The van der Waals surface area contributed by atoms with Gasteiger partial charge in [-0.15, -0.1) is 0 Å². The lowest BCUT2D eigenvalue weighted by molar-refractivity contribution is 0.0760. The summed E-state index contributed by atoms with van der Waals surface area (Å²) in [7, 11) is 2.15. The number of fused-ring (bicyclic) bond motifs is 1. The van der Waals surface area contributed by atoms with Crippen molar-refractivity contribution in [1.29, 1.82) is 0 Å². The smallest absolute Gasteiger partial charge is 0.265 e. The van der Waals surface area contributed by atoms with Gasteiger partial charge in [0.2, 0.25) is 0 Å². The number of carbonyl (C=O) groups excluding carboxylic acids is 1. The number of H-pyrrole nitrogens is 1. The lowest BCUT2D eigenvalue weighted by atomic mass is 10.1. The van der Waals surface area contributed by atoms with Crippen LogP contribution in [0.1, 0.15) is 35.0 Å². The highest BCUT2D eigenvalue weighted by molar-refractivity contribution is 7.17. The zero-order valence-corrected chi connectivity index (χ0v) is 18.7. The van der Waals surface area contributed by atoms with Crippen LogP contribution >= 0.6 is 11.3 Å². The van der Waals surface area contributed by atoms with Gasteiger partial charge in [0, 0.05) is 56.4 Å². The molecule has 1 amide bonds. The molecule has 3 aromatic rings. The summed E-state index contributed by atoms with van der Waals surface area (Å²) in [5, 5.41) is 2.22. The van der Waals surface area contributed by atoms with Crippen LogP contribution in [0.25, 0.3) is 10.9 Å². The molecule has 1 fully saturated rings. The van der Waals surface area contributed by atoms with Gasteiger partial charge in [0.05, 0.1) is 6.20 Å². The van der Waals surface area contributed by atoms with Crippen molar-refractivity contribution in [2.75, 3.05) is 51.2 Å². The fourth-order valence-electron chi connectivity index (χ4n) is 3.92. The summed E-state index contributed by atoms with van der Waals surface area (Å²) in [5.41, 5.74) is 2.42. The molecule has 2 aromatic heterocycles. The molecule has 6 nitrogen and oxygen atoms in total. The van der Waals surface area contributed by atoms with Crippen molar-refractivity contribution >= 4 is 33.3 Å². The number of anilines is 1. The van der Waals surface area contributed by atoms with E-state index in [1.165, 1.54) is 22.3 Å². The Kier molecular flexibility index (Phi) is 6.69. The SMILES string of the molecule is CCCCN(CCc1c[nH]c2ccccc12)C(=O)c1cnc(N2CCN(C)CC2)s1. The van der Waals surface area contributed by atoms with E-state index in [1.54, 1.807) is 6.20 Å². The summed E-state index contributed by atoms with van der Waals surface area (Å²) in [6.07, 6.45) is 6.79. The molecule has 0 atom stereocenters. The highest BCUT2D eigenvalue weighted by atomic mass is 32.1. The molecule has 1 aromatic carbocycles. The molecule has 1 N–H and O–H groups in total. The van der Waals surface area contributed by atoms with E-state index in [1.807, 2.05) is 11.0 Å². The van der Waals surface area contributed by atoms with Gasteiger partial charge in [0.25, 0.3) is 5.91 Å². The highest BCUT2D eigenvalue weighted by Gasteiger charge is 2.22. The number of nitrogens with zero attached hydrogens (tertiary/aromatic N) is 4. The summed E-state index contributed by atoms with van der Waals surface area (Å²) < 4.78 is 0. The number of unbranched alkanes of at least 4 members (excludes halogenated alkanes) is 1. The third kappa shape index (κ3) is 4.68. The van der Waals surface area contributed by atoms with Crippen LogP contribution in [0.2, 0.25) is 0 Å². The quantitative estimate of drug-likeness (QED) is 0.595. The average Bonchev–Trinajstić information content (AvgIpc) is 3.42. The maximum absolute atomic E-state index is 13.3. The van der Waals surface area contributed by atoms with Crippen molar-refractivity contribution in [2.24, 2.45) is 0 Å². The van der Waals surface area contributed by atoms with Gasteiger partial charge in [-0.25, -0.2) is 4.98 Å². The van der Waals surface area contributed by atoms with Gasteiger partial charge < -0.3 is 19.7 Å². The minimum atomic E-state index is 0.112. The van der Waals surface area contributed by atoms with Crippen LogP contribution < -0.4 is 4.90 Å². The van der Waals surface area contributed by atoms with Gasteiger partial charge in [-0.05, 0) is 31.5 Å². The molecule has 0 aliphatic carbocycles. The predicted molar refractivity (Wildman–Crippen MR) is 125 cm³/mol. The summed E-state index contributed by atoms with van der Waals surface area (Å²) in [6.45, 7) is 7.70. The number of para-hydroxylation sites is 1. The van der Waals surface area contributed by atoms with E-state index >= 15 is 0 Å². The Hall–Kier alpha value is -2.38. The Balaban J connectivity index is 1.44. The molecule has 0 saturated carbocycles. The normalized spacial score (nSPS) is 15.1. The van der Waals surface area contributed by atoms with Gasteiger partial charge >= 0.3 is 0 Å². The number of aromatic nitrogens is 2. The Morgan fingerprint density at radius 1 is 1.20 bits per heavy atom. The number of nitrogens with one attached hydrogen (secondary N) is 1. The molecular formula is C23H31N5OS. The van der Waals surface area contributed by atoms with Gasteiger partial charge in [-0.1, -0.05) is 42.9 Å². The second kappa shape index (κ2) is 9.62. The third-order valence-electron chi connectivity index (χ3n) is 5.87. The van der Waals surface area contributed by atoms with Gasteiger partial charge in [0.1, 0.15) is 4.88 Å². The molecule has 30 heavy (non-hydrogen) atoms. The summed E-state index contributed by atoms with van der Waals surface area (Å²) in [5.74, 6) is 0.112.